The third-order valence-electron chi connectivity index (χ3n) is 5.21. The number of carboxylic acids is 1. The monoisotopic (exact) mass is 462 g/mol. The molecule has 7 nitrogen and oxygen atoms in total. The van der Waals surface area contributed by atoms with E-state index in [1.807, 2.05) is 60.7 Å². The molecule has 5 rings (SSSR count). The molecule has 0 fully saturated rings. The third kappa shape index (κ3) is 4.99. The van der Waals surface area contributed by atoms with Crippen LogP contribution in [0.5, 0.6) is 11.5 Å². The maximum Gasteiger partial charge on any atom is 0.363 e. The Morgan fingerprint density at radius 2 is 1.60 bits per heavy atom. The maximum atomic E-state index is 12.4. The van der Waals surface area contributed by atoms with Gasteiger partial charge in [0.25, 0.3) is 0 Å². The van der Waals surface area contributed by atoms with Gasteiger partial charge in [-0.15, -0.1) is 0 Å². The molecule has 1 aromatic heterocycles. The van der Waals surface area contributed by atoms with Crippen molar-refractivity contribution in [1.29, 1.82) is 0 Å². The number of hydrogen-bond donors (Lipinski definition) is 1. The van der Waals surface area contributed by atoms with Crippen LogP contribution in [0, 0.1) is 0 Å². The molecule has 1 aliphatic heterocycles. The Bertz CT molecular complexity index is 1470. The van der Waals surface area contributed by atoms with E-state index in [0.717, 1.165) is 11.1 Å². The third-order valence-corrected chi connectivity index (χ3v) is 5.21. The minimum atomic E-state index is -1.04. The van der Waals surface area contributed by atoms with Gasteiger partial charge in [0.1, 0.15) is 11.5 Å². The lowest BCUT2D eigenvalue weighted by atomic mass is 10.0. The lowest BCUT2D eigenvalue weighted by Gasteiger charge is -2.07. The molecule has 0 amide bonds. The van der Waals surface area contributed by atoms with E-state index in [9.17, 15) is 9.59 Å². The zero-order valence-corrected chi connectivity index (χ0v) is 18.3. The average molecular weight is 462 g/mol. The van der Waals surface area contributed by atoms with Crippen molar-refractivity contribution in [3.63, 3.8) is 0 Å². The smallest absolute Gasteiger partial charge is 0.363 e. The molecular weight excluding hydrogens is 444 g/mol. The van der Waals surface area contributed by atoms with Gasteiger partial charge >= 0.3 is 11.9 Å². The van der Waals surface area contributed by atoms with Crippen LogP contribution in [0.25, 0.3) is 17.2 Å². The molecule has 35 heavy (non-hydrogen) atoms. The fourth-order valence-corrected chi connectivity index (χ4v) is 3.49. The number of nitrogens with zero attached hydrogens (tertiary/aromatic N) is 2. The standard InChI is InChI=1S/C28H18N2O5/c31-27(32)22-14-21(16-29-17-22)19-11-9-18(10-12-19)13-25-28(33)35-26(30-25)20-5-4-8-24(15-20)34-23-6-2-1-3-7-23/h1-17H,(H,31,32)/b25-13-. The van der Waals surface area contributed by atoms with Crippen LogP contribution in [0.4, 0.5) is 0 Å². The van der Waals surface area contributed by atoms with Crippen molar-refractivity contribution >= 4 is 23.9 Å². The van der Waals surface area contributed by atoms with Crippen molar-refractivity contribution in [1.82, 2.24) is 4.98 Å². The first-order valence-corrected chi connectivity index (χ1v) is 10.7. The molecule has 0 atom stereocenters. The molecule has 0 saturated carbocycles. The molecule has 0 saturated heterocycles. The van der Waals surface area contributed by atoms with Crippen LogP contribution in [-0.4, -0.2) is 27.9 Å². The van der Waals surface area contributed by atoms with E-state index in [0.29, 0.717) is 22.6 Å². The number of benzene rings is 3. The highest BCUT2D eigenvalue weighted by Crippen LogP contribution is 2.26. The Hall–Kier alpha value is -5.04. The van der Waals surface area contributed by atoms with Crippen molar-refractivity contribution in [3.05, 3.63) is 120 Å². The molecular formula is C28H18N2O5. The van der Waals surface area contributed by atoms with E-state index in [-0.39, 0.29) is 17.2 Å². The van der Waals surface area contributed by atoms with E-state index < -0.39 is 11.9 Å². The Balaban J connectivity index is 1.36. The Kier molecular flexibility index (Phi) is 5.88. The van der Waals surface area contributed by atoms with Crippen LogP contribution in [0.1, 0.15) is 21.5 Å². The number of hydrogen-bond acceptors (Lipinski definition) is 6. The van der Waals surface area contributed by atoms with Gasteiger partial charge in [-0.25, -0.2) is 14.6 Å². The van der Waals surface area contributed by atoms with E-state index in [4.69, 9.17) is 14.6 Å². The summed E-state index contributed by atoms with van der Waals surface area (Å²) in [5.74, 6) is -0.0810. The molecule has 2 heterocycles. The molecule has 0 spiro atoms. The minimum absolute atomic E-state index is 0.113. The van der Waals surface area contributed by atoms with Crippen molar-refractivity contribution in [2.24, 2.45) is 4.99 Å². The first-order chi connectivity index (χ1) is 17.0. The lowest BCUT2D eigenvalue weighted by Crippen LogP contribution is -2.05. The van der Waals surface area contributed by atoms with E-state index in [1.54, 1.807) is 36.5 Å². The van der Waals surface area contributed by atoms with Crippen LogP contribution < -0.4 is 4.74 Å². The Morgan fingerprint density at radius 3 is 2.37 bits per heavy atom. The molecule has 0 radical (unpaired) electrons. The summed E-state index contributed by atoms with van der Waals surface area (Å²) >= 11 is 0. The predicted octanol–water partition coefficient (Wildman–Crippen LogP) is 5.58. The second-order valence-electron chi connectivity index (χ2n) is 7.67. The zero-order valence-electron chi connectivity index (χ0n) is 18.3. The lowest BCUT2D eigenvalue weighted by molar-refractivity contribution is -0.129. The van der Waals surface area contributed by atoms with Gasteiger partial charge in [-0.3, -0.25) is 4.98 Å². The number of para-hydroxylation sites is 1. The number of aromatic carboxylic acids is 1. The summed E-state index contributed by atoms with van der Waals surface area (Å²) < 4.78 is 11.2. The van der Waals surface area contributed by atoms with Gasteiger partial charge in [-0.2, -0.15) is 0 Å². The van der Waals surface area contributed by atoms with Crippen LogP contribution in [0.3, 0.4) is 0 Å². The number of carbonyl (C=O) groups excluding carboxylic acids is 1. The molecule has 7 heteroatoms. The van der Waals surface area contributed by atoms with Crippen molar-refractivity contribution in [3.8, 4) is 22.6 Å². The predicted molar refractivity (Wildman–Crippen MR) is 130 cm³/mol. The number of carbonyl (C=O) groups is 2. The summed E-state index contributed by atoms with van der Waals surface area (Å²) in [5.41, 5.74) is 3.14. The second-order valence-corrected chi connectivity index (χ2v) is 7.67. The highest BCUT2D eigenvalue weighted by Gasteiger charge is 2.24. The van der Waals surface area contributed by atoms with Crippen LogP contribution >= 0.6 is 0 Å². The molecule has 0 unspecified atom stereocenters. The molecule has 1 N–H and O–H groups in total. The van der Waals surface area contributed by atoms with Gasteiger partial charge in [-0.05, 0) is 53.6 Å². The van der Waals surface area contributed by atoms with Crippen LogP contribution in [0.2, 0.25) is 0 Å². The van der Waals surface area contributed by atoms with Gasteiger partial charge in [-0.1, -0.05) is 48.5 Å². The fourth-order valence-electron chi connectivity index (χ4n) is 3.49. The van der Waals surface area contributed by atoms with Crippen LogP contribution in [0.15, 0.2) is 108 Å². The first kappa shape index (κ1) is 21.8. The van der Waals surface area contributed by atoms with Crippen LogP contribution in [-0.2, 0) is 9.53 Å². The number of cyclic esters (lactones) is 1. The molecule has 0 aliphatic carbocycles. The molecule has 4 aromatic rings. The normalized spacial score (nSPS) is 13.9. The highest BCUT2D eigenvalue weighted by molar-refractivity contribution is 6.13. The summed E-state index contributed by atoms with van der Waals surface area (Å²) in [4.78, 5) is 32.0. The number of pyridine rings is 1. The largest absolute Gasteiger partial charge is 0.478 e. The topological polar surface area (TPSA) is 98.1 Å². The number of aliphatic imine (C=N–C) groups is 1. The van der Waals surface area contributed by atoms with Crippen molar-refractivity contribution in [2.75, 3.05) is 0 Å². The quantitative estimate of drug-likeness (QED) is 0.297. The SMILES string of the molecule is O=C1OC(c2cccc(Oc3ccccc3)c2)=N/C1=C\c1ccc(-c2cncc(C(=O)O)c2)cc1. The molecule has 3 aromatic carbocycles. The number of aromatic nitrogens is 1. The summed E-state index contributed by atoms with van der Waals surface area (Å²) in [5, 5.41) is 9.16. The molecule has 1 aliphatic rings. The summed E-state index contributed by atoms with van der Waals surface area (Å²) in [7, 11) is 0. The first-order valence-electron chi connectivity index (χ1n) is 10.7. The van der Waals surface area contributed by atoms with Gasteiger partial charge in [0.15, 0.2) is 5.70 Å². The number of carboxylic acid groups (broad SMARTS) is 1. The van der Waals surface area contributed by atoms with E-state index in [1.165, 1.54) is 6.20 Å². The highest BCUT2D eigenvalue weighted by atomic mass is 16.6. The summed E-state index contributed by atoms with van der Waals surface area (Å²) in [6.07, 6.45) is 4.53. The Morgan fingerprint density at radius 1 is 0.829 bits per heavy atom. The van der Waals surface area contributed by atoms with E-state index >= 15 is 0 Å². The number of rotatable bonds is 6. The molecule has 170 valence electrons. The zero-order chi connectivity index (χ0) is 24.2. The number of ether oxygens (including phenoxy) is 2. The van der Waals surface area contributed by atoms with Gasteiger partial charge in [0.2, 0.25) is 5.90 Å². The van der Waals surface area contributed by atoms with Gasteiger partial charge < -0.3 is 14.6 Å². The van der Waals surface area contributed by atoms with E-state index in [2.05, 4.69) is 9.98 Å². The summed E-state index contributed by atoms with van der Waals surface area (Å²) in [6.45, 7) is 0. The number of esters is 1. The Labute approximate surface area is 200 Å². The van der Waals surface area contributed by atoms with Gasteiger partial charge in [0, 0.05) is 23.5 Å². The fraction of sp³-hybridized carbons (Fsp3) is 0. The van der Waals surface area contributed by atoms with Crippen molar-refractivity contribution in [2.45, 2.75) is 0 Å². The summed E-state index contributed by atoms with van der Waals surface area (Å²) in [6, 6.07) is 25.4. The second kappa shape index (κ2) is 9.44. The van der Waals surface area contributed by atoms with Crippen molar-refractivity contribution < 1.29 is 24.2 Å². The average Bonchev–Trinajstić information content (AvgIpc) is 3.25. The maximum absolute atomic E-state index is 12.4. The minimum Gasteiger partial charge on any atom is -0.478 e. The molecule has 0 bridgehead atoms. The van der Waals surface area contributed by atoms with Gasteiger partial charge in [0.05, 0.1) is 5.56 Å².